The minimum Gasteiger partial charge on any atom is -0.480 e. The highest BCUT2D eigenvalue weighted by molar-refractivity contribution is 5.81. The van der Waals surface area contributed by atoms with Crippen LogP contribution in [0.4, 0.5) is 0 Å². The number of nitrogens with zero attached hydrogens (tertiary/aromatic N) is 3. The summed E-state index contributed by atoms with van der Waals surface area (Å²) in [5, 5.41) is 12.8. The molecule has 6 nitrogen and oxygen atoms in total. The molecule has 1 N–H and O–H groups in total. The van der Waals surface area contributed by atoms with Crippen LogP contribution in [-0.2, 0) is 16.1 Å². The number of carboxylic acids is 1. The lowest BCUT2D eigenvalue weighted by Gasteiger charge is -2.24. The van der Waals surface area contributed by atoms with Gasteiger partial charge in [0.05, 0.1) is 0 Å². The van der Waals surface area contributed by atoms with Gasteiger partial charge in [-0.2, -0.15) is 5.10 Å². The fraction of sp³-hybridized carbons (Fsp3) is 0.583. The lowest BCUT2D eigenvalue weighted by Crippen LogP contribution is -2.40. The summed E-state index contributed by atoms with van der Waals surface area (Å²) in [4.78, 5) is 23.9. The van der Waals surface area contributed by atoms with Gasteiger partial charge in [-0.3, -0.25) is 14.3 Å². The topological polar surface area (TPSA) is 75.4 Å². The molecule has 0 fully saturated rings. The fourth-order valence-corrected chi connectivity index (χ4v) is 1.67. The first-order chi connectivity index (χ1) is 8.50. The molecule has 0 saturated carbocycles. The first kappa shape index (κ1) is 14.2. The zero-order chi connectivity index (χ0) is 13.5. The number of rotatable bonds is 7. The number of aryl methyl sites for hydroxylation is 1. The molecule has 0 aliphatic carbocycles. The summed E-state index contributed by atoms with van der Waals surface area (Å²) in [7, 11) is 0. The Kier molecular flexibility index (Phi) is 5.35. The molecule has 1 rings (SSSR count). The van der Waals surface area contributed by atoms with Crippen molar-refractivity contribution in [2.45, 2.75) is 39.3 Å². The highest BCUT2D eigenvalue weighted by Gasteiger charge is 2.19. The number of hydrogen-bond acceptors (Lipinski definition) is 3. The van der Waals surface area contributed by atoms with Gasteiger partial charge < -0.3 is 10.0 Å². The minimum atomic E-state index is -0.982. The van der Waals surface area contributed by atoms with Crippen molar-refractivity contribution in [2.75, 3.05) is 6.54 Å². The van der Waals surface area contributed by atoms with E-state index in [0.717, 1.165) is 0 Å². The van der Waals surface area contributed by atoms with E-state index in [2.05, 4.69) is 5.10 Å². The van der Waals surface area contributed by atoms with Gasteiger partial charge in [-0.15, -0.1) is 0 Å². The Morgan fingerprint density at radius 2 is 2.17 bits per heavy atom. The van der Waals surface area contributed by atoms with E-state index in [1.165, 1.54) is 4.90 Å². The molecule has 100 valence electrons. The predicted octanol–water partition coefficient (Wildman–Crippen LogP) is 0.985. The monoisotopic (exact) mass is 253 g/mol. The molecule has 0 atom stereocenters. The Labute approximate surface area is 106 Å². The van der Waals surface area contributed by atoms with E-state index in [4.69, 9.17) is 5.11 Å². The first-order valence-corrected chi connectivity index (χ1v) is 5.99. The van der Waals surface area contributed by atoms with Gasteiger partial charge in [-0.05, 0) is 26.3 Å². The Morgan fingerprint density at radius 3 is 2.67 bits per heavy atom. The number of carbonyl (C=O) groups excluding carboxylic acids is 1. The quantitative estimate of drug-likeness (QED) is 0.786. The smallest absolute Gasteiger partial charge is 0.323 e. The van der Waals surface area contributed by atoms with Crippen molar-refractivity contribution in [3.63, 3.8) is 0 Å². The standard InChI is InChI=1S/C12H19N3O3/c1-10(2)15(9-12(17)18)11(16)5-3-7-14-8-4-6-13-14/h4,6,8,10H,3,5,7,9H2,1-2H3,(H,17,18). The fourth-order valence-electron chi connectivity index (χ4n) is 1.67. The number of carbonyl (C=O) groups is 2. The average Bonchev–Trinajstić information content (AvgIpc) is 2.78. The van der Waals surface area contributed by atoms with Crippen LogP contribution < -0.4 is 0 Å². The molecule has 1 aromatic rings. The van der Waals surface area contributed by atoms with Gasteiger partial charge in [-0.25, -0.2) is 0 Å². The molecule has 1 amide bonds. The first-order valence-electron chi connectivity index (χ1n) is 5.99. The normalized spacial score (nSPS) is 10.6. The zero-order valence-electron chi connectivity index (χ0n) is 10.7. The van der Waals surface area contributed by atoms with Gasteiger partial charge in [0.2, 0.25) is 5.91 Å². The highest BCUT2D eigenvalue weighted by atomic mass is 16.4. The zero-order valence-corrected chi connectivity index (χ0v) is 10.7. The highest BCUT2D eigenvalue weighted by Crippen LogP contribution is 2.04. The van der Waals surface area contributed by atoms with Crippen molar-refractivity contribution in [1.29, 1.82) is 0 Å². The Bertz CT molecular complexity index is 387. The van der Waals surface area contributed by atoms with Crippen LogP contribution in [0.2, 0.25) is 0 Å². The van der Waals surface area contributed by atoms with Crippen molar-refractivity contribution >= 4 is 11.9 Å². The lowest BCUT2D eigenvalue weighted by molar-refractivity contribution is -0.145. The van der Waals surface area contributed by atoms with E-state index in [9.17, 15) is 9.59 Å². The van der Waals surface area contributed by atoms with Crippen molar-refractivity contribution in [1.82, 2.24) is 14.7 Å². The summed E-state index contributed by atoms with van der Waals surface area (Å²) in [6.07, 6.45) is 4.52. The van der Waals surface area contributed by atoms with Crippen LogP contribution in [-0.4, -0.2) is 44.3 Å². The minimum absolute atomic E-state index is 0.0988. The molecular formula is C12H19N3O3. The molecule has 0 radical (unpaired) electrons. The number of aromatic nitrogens is 2. The van der Waals surface area contributed by atoms with E-state index in [-0.39, 0.29) is 18.5 Å². The molecule has 1 aromatic heterocycles. The Morgan fingerprint density at radius 1 is 1.44 bits per heavy atom. The average molecular weight is 253 g/mol. The number of aliphatic carboxylic acids is 1. The van der Waals surface area contributed by atoms with E-state index >= 15 is 0 Å². The molecule has 0 aliphatic rings. The number of hydrogen-bond donors (Lipinski definition) is 1. The molecule has 0 aromatic carbocycles. The van der Waals surface area contributed by atoms with Crippen molar-refractivity contribution in [3.8, 4) is 0 Å². The molecule has 0 bridgehead atoms. The van der Waals surface area contributed by atoms with Crippen molar-refractivity contribution < 1.29 is 14.7 Å². The van der Waals surface area contributed by atoms with Crippen LogP contribution >= 0.6 is 0 Å². The maximum absolute atomic E-state index is 11.9. The van der Waals surface area contributed by atoms with Crippen LogP contribution in [0.5, 0.6) is 0 Å². The van der Waals surface area contributed by atoms with Crippen LogP contribution in [0.1, 0.15) is 26.7 Å². The molecule has 0 spiro atoms. The molecule has 18 heavy (non-hydrogen) atoms. The van der Waals surface area contributed by atoms with Gasteiger partial charge in [0.1, 0.15) is 6.54 Å². The predicted molar refractivity (Wildman–Crippen MR) is 65.9 cm³/mol. The van der Waals surface area contributed by atoms with Crippen molar-refractivity contribution in [2.24, 2.45) is 0 Å². The maximum Gasteiger partial charge on any atom is 0.323 e. The SMILES string of the molecule is CC(C)N(CC(=O)O)C(=O)CCCn1cccn1. The maximum atomic E-state index is 11.9. The van der Waals surface area contributed by atoms with Gasteiger partial charge in [0.25, 0.3) is 0 Å². The molecule has 0 unspecified atom stereocenters. The van der Waals surface area contributed by atoms with Gasteiger partial charge in [0, 0.05) is 31.4 Å². The van der Waals surface area contributed by atoms with E-state index in [1.54, 1.807) is 10.9 Å². The largest absolute Gasteiger partial charge is 0.480 e. The van der Waals surface area contributed by atoms with Crippen LogP contribution in [0.15, 0.2) is 18.5 Å². The third-order valence-corrected chi connectivity index (χ3v) is 2.59. The van der Waals surface area contributed by atoms with Crippen molar-refractivity contribution in [3.05, 3.63) is 18.5 Å². The van der Waals surface area contributed by atoms with Crippen LogP contribution in [0, 0.1) is 0 Å². The van der Waals surface area contributed by atoms with Gasteiger partial charge in [0.15, 0.2) is 0 Å². The van der Waals surface area contributed by atoms with E-state index in [1.807, 2.05) is 26.1 Å². The summed E-state index contributed by atoms with van der Waals surface area (Å²) >= 11 is 0. The Hall–Kier alpha value is -1.85. The third-order valence-electron chi connectivity index (χ3n) is 2.59. The second-order valence-corrected chi connectivity index (χ2v) is 4.38. The number of amides is 1. The van der Waals surface area contributed by atoms with Gasteiger partial charge >= 0.3 is 5.97 Å². The summed E-state index contributed by atoms with van der Waals surface area (Å²) in [6.45, 7) is 4.05. The van der Waals surface area contributed by atoms with Gasteiger partial charge in [-0.1, -0.05) is 0 Å². The summed E-state index contributed by atoms with van der Waals surface area (Å²) in [5.41, 5.74) is 0. The Balaban J connectivity index is 2.39. The molecule has 6 heteroatoms. The lowest BCUT2D eigenvalue weighted by atomic mass is 10.2. The molecule has 1 heterocycles. The van der Waals surface area contributed by atoms with Crippen LogP contribution in [0.3, 0.4) is 0 Å². The van der Waals surface area contributed by atoms with Crippen LogP contribution in [0.25, 0.3) is 0 Å². The number of carboxylic acid groups (broad SMARTS) is 1. The summed E-state index contributed by atoms with van der Waals surface area (Å²) < 4.78 is 1.75. The summed E-state index contributed by atoms with van der Waals surface area (Å²) in [5.74, 6) is -1.11. The van der Waals surface area contributed by atoms with E-state index in [0.29, 0.717) is 19.4 Å². The molecular weight excluding hydrogens is 234 g/mol. The summed E-state index contributed by atoms with van der Waals surface area (Å²) in [6, 6.07) is 1.73. The second-order valence-electron chi connectivity index (χ2n) is 4.38. The molecule has 0 aliphatic heterocycles. The van der Waals surface area contributed by atoms with E-state index < -0.39 is 5.97 Å². The molecule has 0 saturated heterocycles. The second kappa shape index (κ2) is 6.78. The third kappa shape index (κ3) is 4.57.